The lowest BCUT2D eigenvalue weighted by Gasteiger charge is -2.34. The number of hydrogen-bond donors (Lipinski definition) is 6. The lowest BCUT2D eigenvalue weighted by Crippen LogP contribution is -2.51. The van der Waals surface area contributed by atoms with Crippen LogP contribution in [-0.4, -0.2) is 115 Å². The molecule has 2 aromatic carbocycles. The Balaban J connectivity index is 0.000000195. The number of piperidine rings is 2. The Kier molecular flexibility index (Phi) is 20.7. The summed E-state index contributed by atoms with van der Waals surface area (Å²) in [6.45, 7) is 10.9. The second-order valence-electron chi connectivity index (χ2n) is 20.2. The number of carboxylic acids is 1. The minimum Gasteiger partial charge on any atom is -0.480 e. The van der Waals surface area contributed by atoms with E-state index in [1.165, 1.54) is 41.9 Å². The Morgan fingerprint density at radius 3 is 1.55 bits per heavy atom. The molecule has 8 N–H and O–H groups in total. The summed E-state index contributed by atoms with van der Waals surface area (Å²) in [6, 6.07) is 20.5. The molecule has 2 saturated carbocycles. The van der Waals surface area contributed by atoms with Gasteiger partial charge in [-0.05, 0) is 153 Å². The van der Waals surface area contributed by atoms with Crippen LogP contribution >= 0.6 is 27.6 Å². The van der Waals surface area contributed by atoms with Crippen molar-refractivity contribution in [2.45, 2.75) is 117 Å². The van der Waals surface area contributed by atoms with Crippen LogP contribution in [0, 0.1) is 25.7 Å². The van der Waals surface area contributed by atoms with E-state index in [2.05, 4.69) is 25.9 Å². The Morgan fingerprint density at radius 2 is 1.12 bits per heavy atom. The van der Waals surface area contributed by atoms with Crippen LogP contribution < -0.4 is 38.0 Å². The number of likely N-dealkylation sites (tertiary alicyclic amines) is 1. The van der Waals surface area contributed by atoms with E-state index in [4.69, 9.17) is 34.7 Å². The average molecular weight is 1190 g/mol. The van der Waals surface area contributed by atoms with Gasteiger partial charge in [0.1, 0.15) is 30.8 Å². The van der Waals surface area contributed by atoms with E-state index in [0.29, 0.717) is 50.7 Å². The van der Waals surface area contributed by atoms with E-state index in [-0.39, 0.29) is 104 Å². The number of aromatic nitrogens is 4. The molecule has 10 rings (SSSR count). The summed E-state index contributed by atoms with van der Waals surface area (Å²) in [5.74, 6) is -1.15. The topological polar surface area (TPSA) is 321 Å². The minimum absolute atomic E-state index is 0. The first kappa shape index (κ1) is 62.8. The van der Waals surface area contributed by atoms with Crippen molar-refractivity contribution in [3.63, 3.8) is 0 Å². The van der Waals surface area contributed by atoms with E-state index in [0.717, 1.165) is 37.1 Å². The van der Waals surface area contributed by atoms with Crippen molar-refractivity contribution in [3.05, 3.63) is 108 Å². The highest BCUT2D eigenvalue weighted by molar-refractivity contribution is 7.62. The van der Waals surface area contributed by atoms with Crippen molar-refractivity contribution in [1.29, 1.82) is 0 Å². The fourth-order valence-corrected chi connectivity index (χ4v) is 14.6. The van der Waals surface area contributed by atoms with Gasteiger partial charge in [-0.3, -0.25) is 37.9 Å². The van der Waals surface area contributed by atoms with Gasteiger partial charge in [0, 0.05) is 57.7 Å². The number of nitrogens with two attached hydrogens (primary N) is 2. The minimum atomic E-state index is -3.61. The van der Waals surface area contributed by atoms with Crippen molar-refractivity contribution in [2.75, 3.05) is 37.1 Å². The lowest BCUT2D eigenvalue weighted by molar-refractivity contribution is -0.141. The first-order valence-corrected chi connectivity index (χ1v) is 30.2. The quantitative estimate of drug-likeness (QED) is 0.0421. The largest absolute Gasteiger partial charge is 0.480 e. The van der Waals surface area contributed by atoms with Gasteiger partial charge in [0.15, 0.2) is 0 Å². The first-order chi connectivity index (χ1) is 38.7. The fourth-order valence-electron chi connectivity index (χ4n) is 11.5. The molecule has 2 saturated heterocycles. The standard InChI is InChI=1S/C28H34N5O6P.C15H19N2O6P.C13H17N3O.ClH/c1-4-38-40(37,39-5-2)20-11-12-23-21(14-20)22(27(29)35)15-32(23)16-25(34)33-19-10-9-18(13-19)26(33)28(36)31-24-8-6-7-17(3)30-24;1-3-22-24(21,23-4-2)10-5-6-13-11(7-10)12(15(16)20)8-17(13)9-14(18)19;1-8-3-2-4-11(14-8)16-13(17)12-9-5-6-10(7-9)15-12;/h6-8,11-12,14-15,18-19,26H,4-5,9-10,13,16H2,1-3H3,(H2,29,35)(H,30,31,36);5-8H,3-4,9H2,1-2H3,(H2,16,20)(H,18,19);2-4,9-10,12,15H,5-7H2,1H3,(H,14,16,17);1H/t18?,19?,26-;;9?,10?,12-;/m0.0./s1. The fraction of sp³-hybridized carbons (Fsp3) is 0.429. The van der Waals surface area contributed by atoms with Crippen molar-refractivity contribution >= 4 is 107 Å². The number of carbonyl (C=O) groups excluding carboxylic acids is 5. The van der Waals surface area contributed by atoms with Gasteiger partial charge in [-0.2, -0.15) is 0 Å². The van der Waals surface area contributed by atoms with Crippen molar-refractivity contribution in [1.82, 2.24) is 29.3 Å². The number of nitrogens with zero attached hydrogens (tertiary/aromatic N) is 5. The van der Waals surface area contributed by atoms with Crippen molar-refractivity contribution in [3.8, 4) is 0 Å². The van der Waals surface area contributed by atoms with Gasteiger partial charge < -0.3 is 64.7 Å². The molecule has 4 fully saturated rings. The van der Waals surface area contributed by atoms with E-state index in [9.17, 15) is 37.9 Å². The zero-order valence-electron chi connectivity index (χ0n) is 46.6. The molecule has 4 bridgehead atoms. The molecule has 6 heterocycles. The molecule has 4 aromatic heterocycles. The lowest BCUT2D eigenvalue weighted by atomic mass is 9.97. The van der Waals surface area contributed by atoms with E-state index in [1.54, 1.807) is 67.5 Å². The number of halogens is 1. The maximum absolute atomic E-state index is 13.8. The highest BCUT2D eigenvalue weighted by atomic mass is 35.5. The summed E-state index contributed by atoms with van der Waals surface area (Å²) < 4.78 is 50.8. The molecule has 0 radical (unpaired) electrons. The molecule has 6 aromatic rings. The summed E-state index contributed by atoms with van der Waals surface area (Å²) in [5.41, 5.74) is 14.1. The van der Waals surface area contributed by atoms with E-state index >= 15 is 0 Å². The summed E-state index contributed by atoms with van der Waals surface area (Å²) in [5, 5.41) is 19.6. The molecular formula is C56H71ClN10O13P2. The predicted octanol–water partition coefficient (Wildman–Crippen LogP) is 6.96. The van der Waals surface area contributed by atoms with Gasteiger partial charge in [0.2, 0.25) is 17.7 Å². The molecular weight excluding hydrogens is 1120 g/mol. The Morgan fingerprint density at radius 1 is 0.646 bits per heavy atom. The molecule has 82 heavy (non-hydrogen) atoms. The maximum atomic E-state index is 13.8. The third kappa shape index (κ3) is 14.0. The Bertz CT molecular complexity index is 3440. The van der Waals surface area contributed by atoms with Crippen LogP contribution in [0.3, 0.4) is 0 Å². The molecule has 5 amide bonds. The number of carboxylic acid groups (broad SMARTS) is 1. The van der Waals surface area contributed by atoms with Crippen LogP contribution in [0.4, 0.5) is 11.6 Å². The zero-order chi connectivity index (χ0) is 58.3. The number of rotatable bonds is 20. The van der Waals surface area contributed by atoms with Crippen molar-refractivity contribution < 1.29 is 61.1 Å². The maximum Gasteiger partial charge on any atom is 0.361 e. The number of carbonyl (C=O) groups is 6. The summed E-state index contributed by atoms with van der Waals surface area (Å²) in [4.78, 5) is 84.5. The van der Waals surface area contributed by atoms with E-state index < -0.39 is 39.0 Å². The van der Waals surface area contributed by atoms with Gasteiger partial charge in [0.25, 0.3) is 11.8 Å². The number of pyridine rings is 2. The normalized spacial score (nSPS) is 19.7. The predicted molar refractivity (Wildman–Crippen MR) is 312 cm³/mol. The van der Waals surface area contributed by atoms with E-state index in [1.807, 2.05) is 44.2 Å². The number of aliphatic carboxylic acids is 1. The third-order valence-electron chi connectivity index (χ3n) is 14.8. The van der Waals surface area contributed by atoms with Crippen molar-refractivity contribution in [2.24, 2.45) is 23.3 Å². The molecule has 6 atom stereocenters. The number of hydrogen-bond acceptors (Lipinski definition) is 15. The molecule has 4 aliphatic rings. The molecule has 2 aliphatic heterocycles. The smallest absolute Gasteiger partial charge is 0.361 e. The number of aryl methyl sites for hydroxylation is 2. The molecule has 0 spiro atoms. The number of primary amides is 2. The monoisotopic (exact) mass is 1190 g/mol. The highest BCUT2D eigenvalue weighted by Crippen LogP contribution is 2.49. The Hall–Kier alpha value is -6.81. The second kappa shape index (κ2) is 27.1. The molecule has 440 valence electrons. The molecule has 2 aliphatic carbocycles. The van der Waals surface area contributed by atoms with Crippen LogP contribution in [0.2, 0.25) is 0 Å². The van der Waals surface area contributed by atoms with Crippen LogP contribution in [0.15, 0.2) is 85.2 Å². The summed E-state index contributed by atoms with van der Waals surface area (Å²) in [6.07, 6.45) is 8.95. The van der Waals surface area contributed by atoms with Crippen LogP contribution in [0.1, 0.15) is 98.3 Å². The van der Waals surface area contributed by atoms with Crippen LogP contribution in [-0.2, 0) is 59.5 Å². The Labute approximate surface area is 481 Å². The number of nitrogens with one attached hydrogen (secondary N) is 3. The molecule has 4 unspecified atom stereocenters. The number of benzene rings is 2. The number of amides is 5. The zero-order valence-corrected chi connectivity index (χ0v) is 49.2. The molecule has 26 heteroatoms. The molecule has 23 nitrogen and oxygen atoms in total. The van der Waals surface area contributed by atoms with Gasteiger partial charge in [-0.15, -0.1) is 12.4 Å². The first-order valence-electron chi connectivity index (χ1n) is 27.1. The third-order valence-corrected chi connectivity index (χ3v) is 19.0. The SMILES string of the molecule is CCOP(=O)(OCC)c1ccc2c(c1)c(C(N)=O)cn2CC(=O)N1C2CCC(C2)[C@H]1C(=O)Nc1cccc(C)n1.CCOP(=O)(OCC)c1ccc2c(c1)c(C(N)=O)cn2CC(=O)O.Cc1cccc(NC(=O)[C@H]2NC3CCC2C3)n1.Cl. The van der Waals surface area contributed by atoms with Gasteiger partial charge in [-0.1, -0.05) is 12.1 Å². The van der Waals surface area contributed by atoms with Gasteiger partial charge >= 0.3 is 21.2 Å². The summed E-state index contributed by atoms with van der Waals surface area (Å²) in [7, 11) is -7.13. The van der Waals surface area contributed by atoms with Crippen LogP contribution in [0.5, 0.6) is 0 Å². The number of anilines is 2. The number of fused-ring (bicyclic) bond motifs is 6. The van der Waals surface area contributed by atoms with Crippen LogP contribution in [0.25, 0.3) is 21.8 Å². The highest BCUT2D eigenvalue weighted by Gasteiger charge is 2.51. The van der Waals surface area contributed by atoms with Gasteiger partial charge in [-0.25, -0.2) is 9.97 Å². The summed E-state index contributed by atoms with van der Waals surface area (Å²) >= 11 is 0. The van der Waals surface area contributed by atoms with Gasteiger partial charge in [0.05, 0.1) is 54.2 Å². The second-order valence-corrected chi connectivity index (χ2v) is 24.3. The average Bonchev–Trinajstić information content (AvgIpc) is 4.45.